The van der Waals surface area contributed by atoms with Gasteiger partial charge in [-0.25, -0.2) is 4.98 Å². The average Bonchev–Trinajstić information content (AvgIpc) is 2.82. The lowest BCUT2D eigenvalue weighted by Crippen LogP contribution is -2.31. The topological polar surface area (TPSA) is 46.0 Å². The highest BCUT2D eigenvalue weighted by molar-refractivity contribution is 6.30. The van der Waals surface area contributed by atoms with Crippen LogP contribution in [0.15, 0.2) is 18.3 Å². The van der Waals surface area contributed by atoms with Gasteiger partial charge < -0.3 is 10.2 Å². The number of halogens is 2. The van der Waals surface area contributed by atoms with Crippen LogP contribution in [-0.4, -0.2) is 27.9 Å². The zero-order valence-corrected chi connectivity index (χ0v) is 15.8. The monoisotopic (exact) mass is 369 g/mol. The van der Waals surface area contributed by atoms with Crippen molar-refractivity contribution >= 4 is 29.8 Å². The van der Waals surface area contributed by atoms with E-state index in [1.165, 1.54) is 24.8 Å². The Morgan fingerprint density at radius 3 is 2.62 bits per heavy atom. The van der Waals surface area contributed by atoms with Crippen LogP contribution in [0.4, 0.5) is 5.82 Å². The fourth-order valence-electron chi connectivity index (χ4n) is 3.16. The highest BCUT2D eigenvalue weighted by Gasteiger charge is 2.16. The fraction of sp³-hybridized carbons (Fsp3) is 0.529. The van der Waals surface area contributed by atoms with E-state index in [4.69, 9.17) is 11.6 Å². The van der Waals surface area contributed by atoms with Gasteiger partial charge in [0.2, 0.25) is 0 Å². The van der Waals surface area contributed by atoms with Crippen LogP contribution in [-0.2, 0) is 20.1 Å². The van der Waals surface area contributed by atoms with Crippen molar-refractivity contribution in [2.75, 3.05) is 18.0 Å². The maximum atomic E-state index is 6.29. The van der Waals surface area contributed by atoms with E-state index in [-0.39, 0.29) is 12.4 Å². The van der Waals surface area contributed by atoms with Gasteiger partial charge in [-0.1, -0.05) is 17.7 Å². The number of piperidine rings is 1. The summed E-state index contributed by atoms with van der Waals surface area (Å²) in [5.74, 6) is 1.12. The molecule has 0 atom stereocenters. The number of hydrogen-bond donors (Lipinski definition) is 1. The molecule has 2 aromatic heterocycles. The fourth-order valence-corrected chi connectivity index (χ4v) is 3.40. The first-order valence-electron chi connectivity index (χ1n) is 8.24. The molecule has 1 aliphatic heterocycles. The average molecular weight is 370 g/mol. The van der Waals surface area contributed by atoms with Gasteiger partial charge in [-0.3, -0.25) is 4.68 Å². The molecule has 0 unspecified atom stereocenters. The lowest BCUT2D eigenvalue weighted by atomic mass is 10.1. The maximum absolute atomic E-state index is 6.29. The third kappa shape index (κ3) is 4.21. The van der Waals surface area contributed by atoms with Gasteiger partial charge in [0.25, 0.3) is 0 Å². The van der Waals surface area contributed by atoms with Crippen LogP contribution in [0, 0.1) is 6.92 Å². The molecule has 7 heteroatoms. The maximum Gasteiger partial charge on any atom is 0.133 e. The highest BCUT2D eigenvalue weighted by atomic mass is 35.5. The first-order valence-corrected chi connectivity index (χ1v) is 8.62. The second-order valence-electron chi connectivity index (χ2n) is 6.12. The molecule has 3 rings (SSSR count). The van der Waals surface area contributed by atoms with E-state index >= 15 is 0 Å². The summed E-state index contributed by atoms with van der Waals surface area (Å²) in [6.07, 6.45) is 5.73. The van der Waals surface area contributed by atoms with Crippen molar-refractivity contribution in [1.82, 2.24) is 20.1 Å². The molecule has 0 saturated carbocycles. The lowest BCUT2D eigenvalue weighted by molar-refractivity contribution is 0.569. The Morgan fingerprint density at radius 1 is 1.21 bits per heavy atom. The minimum absolute atomic E-state index is 0. The first kappa shape index (κ1) is 19.0. The van der Waals surface area contributed by atoms with Crippen LogP contribution in [0.25, 0.3) is 0 Å². The van der Waals surface area contributed by atoms with E-state index < -0.39 is 0 Å². The second-order valence-corrected chi connectivity index (χ2v) is 6.47. The number of pyridine rings is 1. The third-order valence-electron chi connectivity index (χ3n) is 4.41. The minimum Gasteiger partial charge on any atom is -0.356 e. The van der Waals surface area contributed by atoms with Gasteiger partial charge in [0.05, 0.1) is 5.69 Å². The van der Waals surface area contributed by atoms with Crippen molar-refractivity contribution in [3.8, 4) is 0 Å². The summed E-state index contributed by atoms with van der Waals surface area (Å²) in [4.78, 5) is 7.02. The summed E-state index contributed by atoms with van der Waals surface area (Å²) in [7, 11) is 1.87. The van der Waals surface area contributed by atoms with Crippen molar-refractivity contribution in [1.29, 1.82) is 0 Å². The van der Waals surface area contributed by atoms with Crippen LogP contribution in [0.3, 0.4) is 0 Å². The SMILES string of the molecule is Cc1nn(C)c(Cl)c1CNCc1cccnc1N1CCCCC1.Cl. The van der Waals surface area contributed by atoms with Gasteiger partial charge in [-0.15, -0.1) is 12.4 Å². The zero-order chi connectivity index (χ0) is 16.2. The summed E-state index contributed by atoms with van der Waals surface area (Å²) in [6.45, 7) is 5.71. The smallest absolute Gasteiger partial charge is 0.133 e. The molecule has 132 valence electrons. The summed E-state index contributed by atoms with van der Waals surface area (Å²) in [5, 5.41) is 8.55. The van der Waals surface area contributed by atoms with Crippen LogP contribution < -0.4 is 10.2 Å². The molecular formula is C17H25Cl2N5. The van der Waals surface area contributed by atoms with E-state index in [0.29, 0.717) is 11.7 Å². The number of nitrogens with one attached hydrogen (secondary N) is 1. The third-order valence-corrected chi connectivity index (χ3v) is 4.88. The van der Waals surface area contributed by atoms with Gasteiger partial charge in [0, 0.05) is 50.6 Å². The zero-order valence-electron chi connectivity index (χ0n) is 14.3. The molecule has 0 bridgehead atoms. The predicted octanol–water partition coefficient (Wildman–Crippen LogP) is 3.48. The van der Waals surface area contributed by atoms with Crippen molar-refractivity contribution in [3.63, 3.8) is 0 Å². The van der Waals surface area contributed by atoms with Gasteiger partial charge >= 0.3 is 0 Å². The molecule has 0 radical (unpaired) electrons. The van der Waals surface area contributed by atoms with Gasteiger partial charge in [-0.05, 0) is 32.3 Å². The molecule has 3 heterocycles. The Morgan fingerprint density at radius 2 is 1.96 bits per heavy atom. The molecule has 1 N–H and O–H groups in total. The number of anilines is 1. The second kappa shape index (κ2) is 8.70. The molecule has 2 aromatic rings. The van der Waals surface area contributed by atoms with Gasteiger partial charge in [-0.2, -0.15) is 5.10 Å². The van der Waals surface area contributed by atoms with E-state index in [9.17, 15) is 0 Å². The Hall–Kier alpha value is -1.30. The van der Waals surface area contributed by atoms with Crippen LogP contribution >= 0.6 is 24.0 Å². The molecule has 24 heavy (non-hydrogen) atoms. The van der Waals surface area contributed by atoms with Gasteiger partial charge in [0.15, 0.2) is 0 Å². The molecule has 0 spiro atoms. The van der Waals surface area contributed by atoms with Crippen LogP contribution in [0.5, 0.6) is 0 Å². The van der Waals surface area contributed by atoms with Crippen LogP contribution in [0.1, 0.15) is 36.1 Å². The van der Waals surface area contributed by atoms with Crippen LogP contribution in [0.2, 0.25) is 5.15 Å². The summed E-state index contributed by atoms with van der Waals surface area (Å²) >= 11 is 6.29. The minimum atomic E-state index is 0. The van der Waals surface area contributed by atoms with Crippen molar-refractivity contribution < 1.29 is 0 Å². The standard InChI is InChI=1S/C17H24ClN5.ClH/c1-13-15(16(18)22(2)21-13)12-19-11-14-7-6-8-20-17(14)23-9-4-3-5-10-23;/h6-8,19H,3-5,9-12H2,1-2H3;1H. The van der Waals surface area contributed by atoms with E-state index in [1.807, 2.05) is 26.2 Å². The molecule has 0 amide bonds. The lowest BCUT2D eigenvalue weighted by Gasteiger charge is -2.29. The van der Waals surface area contributed by atoms with Crippen molar-refractivity contribution in [2.45, 2.75) is 39.3 Å². The van der Waals surface area contributed by atoms with E-state index in [1.54, 1.807) is 4.68 Å². The summed E-state index contributed by atoms with van der Waals surface area (Å²) < 4.78 is 1.72. The normalized spacial score (nSPS) is 14.5. The molecule has 1 fully saturated rings. The number of aryl methyl sites for hydroxylation is 2. The Labute approximate surface area is 154 Å². The number of aromatic nitrogens is 3. The summed E-state index contributed by atoms with van der Waals surface area (Å²) in [6, 6.07) is 4.16. The van der Waals surface area contributed by atoms with E-state index in [2.05, 4.69) is 26.4 Å². The van der Waals surface area contributed by atoms with Crippen molar-refractivity contribution in [3.05, 3.63) is 40.3 Å². The molecule has 5 nitrogen and oxygen atoms in total. The van der Waals surface area contributed by atoms with E-state index in [0.717, 1.165) is 36.7 Å². The molecule has 0 aliphatic carbocycles. The number of rotatable bonds is 5. The Kier molecular flexibility index (Phi) is 6.90. The Bertz CT molecular complexity index is 665. The van der Waals surface area contributed by atoms with Gasteiger partial charge in [0.1, 0.15) is 11.0 Å². The predicted molar refractivity (Wildman–Crippen MR) is 101 cm³/mol. The molecule has 0 aromatic carbocycles. The molecule has 1 saturated heterocycles. The summed E-state index contributed by atoms with van der Waals surface area (Å²) in [5.41, 5.74) is 3.29. The number of nitrogens with zero attached hydrogens (tertiary/aromatic N) is 4. The molecule has 1 aliphatic rings. The molecular weight excluding hydrogens is 345 g/mol. The quantitative estimate of drug-likeness (QED) is 0.876. The highest BCUT2D eigenvalue weighted by Crippen LogP contribution is 2.22. The number of hydrogen-bond acceptors (Lipinski definition) is 4. The largest absolute Gasteiger partial charge is 0.356 e. The van der Waals surface area contributed by atoms with Crippen molar-refractivity contribution in [2.24, 2.45) is 7.05 Å². The first-order chi connectivity index (χ1) is 11.2. The Balaban J connectivity index is 0.00000208.